The standard InChI is InChI=1S/C14H29N3O2/c1-6-11(7-2)16-13(19)10-15-9-8-12(18)17-14(3,4)5/h11,15H,6-10H2,1-5H3,(H,16,19)(H,17,18). The fourth-order valence-electron chi connectivity index (χ4n) is 1.66. The van der Waals surface area contributed by atoms with E-state index < -0.39 is 0 Å². The Hall–Kier alpha value is -1.10. The molecule has 0 atom stereocenters. The summed E-state index contributed by atoms with van der Waals surface area (Å²) in [5.41, 5.74) is -0.204. The quantitative estimate of drug-likeness (QED) is 0.581. The highest BCUT2D eigenvalue weighted by atomic mass is 16.2. The van der Waals surface area contributed by atoms with Crippen LogP contribution in [0.3, 0.4) is 0 Å². The van der Waals surface area contributed by atoms with Crippen molar-refractivity contribution in [3.63, 3.8) is 0 Å². The third-order valence-corrected chi connectivity index (χ3v) is 2.68. The van der Waals surface area contributed by atoms with Crippen molar-refractivity contribution in [2.24, 2.45) is 0 Å². The van der Waals surface area contributed by atoms with E-state index in [1.807, 2.05) is 20.8 Å². The predicted molar refractivity (Wildman–Crippen MR) is 77.9 cm³/mol. The van der Waals surface area contributed by atoms with Crippen molar-refractivity contribution in [1.82, 2.24) is 16.0 Å². The summed E-state index contributed by atoms with van der Waals surface area (Å²) in [4.78, 5) is 23.1. The van der Waals surface area contributed by atoms with Gasteiger partial charge in [0, 0.05) is 24.5 Å². The van der Waals surface area contributed by atoms with Crippen molar-refractivity contribution < 1.29 is 9.59 Å². The Morgan fingerprint density at radius 3 is 2.11 bits per heavy atom. The minimum atomic E-state index is -0.204. The Bertz CT molecular complexity index is 281. The fourth-order valence-corrected chi connectivity index (χ4v) is 1.66. The van der Waals surface area contributed by atoms with E-state index in [4.69, 9.17) is 0 Å². The molecule has 0 saturated carbocycles. The van der Waals surface area contributed by atoms with Gasteiger partial charge in [-0.25, -0.2) is 0 Å². The maximum atomic E-state index is 11.6. The van der Waals surface area contributed by atoms with Crippen LogP contribution in [-0.4, -0.2) is 36.5 Å². The van der Waals surface area contributed by atoms with E-state index in [-0.39, 0.29) is 29.9 Å². The maximum Gasteiger partial charge on any atom is 0.234 e. The monoisotopic (exact) mass is 271 g/mol. The average molecular weight is 271 g/mol. The van der Waals surface area contributed by atoms with Crippen LogP contribution in [-0.2, 0) is 9.59 Å². The van der Waals surface area contributed by atoms with E-state index in [9.17, 15) is 9.59 Å². The van der Waals surface area contributed by atoms with E-state index in [0.717, 1.165) is 12.8 Å². The summed E-state index contributed by atoms with van der Waals surface area (Å²) < 4.78 is 0. The second-order valence-corrected chi connectivity index (χ2v) is 5.81. The van der Waals surface area contributed by atoms with Crippen molar-refractivity contribution in [3.8, 4) is 0 Å². The molecule has 0 aliphatic rings. The highest BCUT2D eigenvalue weighted by Crippen LogP contribution is 1.98. The van der Waals surface area contributed by atoms with Crippen LogP contribution < -0.4 is 16.0 Å². The van der Waals surface area contributed by atoms with Crippen LogP contribution in [0.1, 0.15) is 53.9 Å². The van der Waals surface area contributed by atoms with Crippen LogP contribution in [0.2, 0.25) is 0 Å². The normalized spacial score (nSPS) is 11.5. The van der Waals surface area contributed by atoms with E-state index in [1.54, 1.807) is 0 Å². The molecule has 0 saturated heterocycles. The number of nitrogens with one attached hydrogen (secondary N) is 3. The molecule has 0 aromatic heterocycles. The number of carbonyl (C=O) groups is 2. The molecule has 0 spiro atoms. The van der Waals surface area contributed by atoms with Gasteiger partial charge in [-0.1, -0.05) is 13.8 Å². The zero-order chi connectivity index (χ0) is 14.9. The van der Waals surface area contributed by atoms with Crippen LogP contribution in [0.4, 0.5) is 0 Å². The van der Waals surface area contributed by atoms with Gasteiger partial charge < -0.3 is 16.0 Å². The van der Waals surface area contributed by atoms with Crippen LogP contribution in [0.15, 0.2) is 0 Å². The van der Waals surface area contributed by atoms with Gasteiger partial charge in [0.25, 0.3) is 0 Å². The zero-order valence-corrected chi connectivity index (χ0v) is 12.9. The van der Waals surface area contributed by atoms with Crippen LogP contribution in [0.5, 0.6) is 0 Å². The van der Waals surface area contributed by atoms with Gasteiger partial charge in [-0.2, -0.15) is 0 Å². The molecule has 0 unspecified atom stereocenters. The van der Waals surface area contributed by atoms with Gasteiger partial charge >= 0.3 is 0 Å². The average Bonchev–Trinajstić information content (AvgIpc) is 2.29. The fraction of sp³-hybridized carbons (Fsp3) is 0.857. The lowest BCUT2D eigenvalue weighted by molar-refractivity contribution is -0.123. The molecule has 5 nitrogen and oxygen atoms in total. The topological polar surface area (TPSA) is 70.2 Å². The highest BCUT2D eigenvalue weighted by molar-refractivity contribution is 5.79. The first-order valence-corrected chi connectivity index (χ1v) is 7.09. The van der Waals surface area contributed by atoms with E-state index >= 15 is 0 Å². The summed E-state index contributed by atoms with van der Waals surface area (Å²) in [5, 5.41) is 8.80. The van der Waals surface area contributed by atoms with Crippen LogP contribution >= 0.6 is 0 Å². The molecular weight excluding hydrogens is 242 g/mol. The first-order chi connectivity index (χ1) is 8.78. The molecule has 0 rings (SSSR count). The van der Waals surface area contributed by atoms with Crippen LogP contribution in [0.25, 0.3) is 0 Å². The third-order valence-electron chi connectivity index (χ3n) is 2.68. The molecule has 19 heavy (non-hydrogen) atoms. The molecule has 5 heteroatoms. The Labute approximate surface area is 116 Å². The molecule has 0 aliphatic carbocycles. The van der Waals surface area contributed by atoms with E-state index in [2.05, 4.69) is 29.8 Å². The van der Waals surface area contributed by atoms with Crippen molar-refractivity contribution in [1.29, 1.82) is 0 Å². The molecule has 0 radical (unpaired) electrons. The molecule has 112 valence electrons. The second-order valence-electron chi connectivity index (χ2n) is 5.81. The number of hydrogen-bond donors (Lipinski definition) is 3. The van der Waals surface area contributed by atoms with Crippen molar-refractivity contribution in [3.05, 3.63) is 0 Å². The molecule has 0 bridgehead atoms. The lowest BCUT2D eigenvalue weighted by atomic mass is 10.1. The van der Waals surface area contributed by atoms with Gasteiger partial charge in [-0.3, -0.25) is 9.59 Å². The summed E-state index contributed by atoms with van der Waals surface area (Å²) in [6.07, 6.45) is 2.27. The largest absolute Gasteiger partial charge is 0.352 e. The summed E-state index contributed by atoms with van der Waals surface area (Å²) in [6, 6.07) is 0.249. The van der Waals surface area contributed by atoms with Crippen molar-refractivity contribution >= 4 is 11.8 Å². The smallest absolute Gasteiger partial charge is 0.234 e. The zero-order valence-electron chi connectivity index (χ0n) is 12.9. The first-order valence-electron chi connectivity index (χ1n) is 7.09. The Morgan fingerprint density at radius 2 is 1.63 bits per heavy atom. The maximum absolute atomic E-state index is 11.6. The van der Waals surface area contributed by atoms with Gasteiger partial charge in [0.2, 0.25) is 11.8 Å². The van der Waals surface area contributed by atoms with Crippen molar-refractivity contribution in [2.45, 2.75) is 65.5 Å². The molecule has 0 fully saturated rings. The first kappa shape index (κ1) is 17.9. The summed E-state index contributed by atoms with van der Waals surface area (Å²) in [6.45, 7) is 10.7. The molecule has 0 aliphatic heterocycles. The second kappa shape index (κ2) is 8.91. The van der Waals surface area contributed by atoms with Crippen LogP contribution in [0, 0.1) is 0 Å². The van der Waals surface area contributed by atoms with Crippen molar-refractivity contribution in [2.75, 3.05) is 13.1 Å². The third kappa shape index (κ3) is 10.5. The number of carbonyl (C=O) groups excluding carboxylic acids is 2. The number of hydrogen-bond acceptors (Lipinski definition) is 3. The lowest BCUT2D eigenvalue weighted by Crippen LogP contribution is -2.43. The minimum Gasteiger partial charge on any atom is -0.352 e. The molecule has 2 amide bonds. The molecule has 0 heterocycles. The van der Waals surface area contributed by atoms with E-state index in [0.29, 0.717) is 13.0 Å². The Morgan fingerprint density at radius 1 is 1.05 bits per heavy atom. The summed E-state index contributed by atoms with van der Waals surface area (Å²) >= 11 is 0. The minimum absolute atomic E-state index is 0.000371. The molecule has 0 aromatic rings. The Balaban J connectivity index is 3.69. The lowest BCUT2D eigenvalue weighted by Gasteiger charge is -2.20. The van der Waals surface area contributed by atoms with Gasteiger partial charge in [0.1, 0.15) is 0 Å². The summed E-state index contributed by atoms with van der Waals surface area (Å²) in [5.74, 6) is -0.00895. The van der Waals surface area contributed by atoms with E-state index in [1.165, 1.54) is 0 Å². The molecule has 3 N–H and O–H groups in total. The predicted octanol–water partition coefficient (Wildman–Crippen LogP) is 1.19. The van der Waals surface area contributed by atoms with Gasteiger partial charge in [0.05, 0.1) is 6.54 Å². The van der Waals surface area contributed by atoms with Gasteiger partial charge in [-0.15, -0.1) is 0 Å². The highest BCUT2D eigenvalue weighted by Gasteiger charge is 2.13. The number of rotatable bonds is 8. The SMILES string of the molecule is CCC(CC)NC(=O)CNCCC(=O)NC(C)(C)C. The summed E-state index contributed by atoms with van der Waals surface area (Å²) in [7, 11) is 0. The Kier molecular flexibility index (Phi) is 8.39. The molecular formula is C14H29N3O2. The van der Waals surface area contributed by atoms with Gasteiger partial charge in [0.15, 0.2) is 0 Å². The molecule has 0 aromatic carbocycles. The van der Waals surface area contributed by atoms with Gasteiger partial charge in [-0.05, 0) is 33.6 Å². The number of amides is 2.